The lowest BCUT2D eigenvalue weighted by molar-refractivity contribution is 0.752. The smallest absolute Gasteiger partial charge is 0.164 e. The van der Waals surface area contributed by atoms with Crippen LogP contribution in [0.2, 0.25) is 0 Å². The van der Waals surface area contributed by atoms with Crippen LogP contribution in [0, 0.1) is 0 Å². The van der Waals surface area contributed by atoms with Gasteiger partial charge in [-0.3, -0.25) is 9.97 Å². The maximum atomic E-state index is 5.32. The molecule has 0 unspecified atom stereocenters. The van der Waals surface area contributed by atoms with E-state index in [0.717, 1.165) is 95.3 Å². The zero-order chi connectivity index (χ0) is 53.7. The predicted molar refractivity (Wildman–Crippen MR) is 328 cm³/mol. The molecular formula is C74H49N7. The Balaban J connectivity index is 1.01. The van der Waals surface area contributed by atoms with Gasteiger partial charge >= 0.3 is 0 Å². The van der Waals surface area contributed by atoms with E-state index < -0.39 is 5.41 Å². The van der Waals surface area contributed by atoms with Crippen molar-refractivity contribution in [1.82, 2.24) is 24.9 Å². The number of hydrogen-bond acceptors (Lipinski definition) is 7. The van der Waals surface area contributed by atoms with Crippen molar-refractivity contribution in [3.05, 3.63) is 320 Å². The number of rotatable bonds is 10. The van der Waals surface area contributed by atoms with Crippen molar-refractivity contribution >= 4 is 34.1 Å². The first-order chi connectivity index (χ1) is 40.2. The molecule has 0 fully saturated rings. The molecule has 15 rings (SSSR count). The summed E-state index contributed by atoms with van der Waals surface area (Å²) in [6.07, 6.45) is 7.42. The van der Waals surface area contributed by atoms with E-state index in [1.807, 2.05) is 67.3 Å². The zero-order valence-electron chi connectivity index (χ0n) is 43.9. The first-order valence-electron chi connectivity index (χ1n) is 27.3. The molecule has 0 bridgehead atoms. The molecule has 0 saturated carbocycles. The van der Waals surface area contributed by atoms with E-state index >= 15 is 0 Å². The van der Waals surface area contributed by atoms with Crippen LogP contribution in [-0.2, 0) is 5.41 Å². The number of hydrogen-bond donors (Lipinski definition) is 0. The number of nitrogens with zero attached hydrogens (tertiary/aromatic N) is 7. The summed E-state index contributed by atoms with van der Waals surface area (Å²) in [7, 11) is 0. The third kappa shape index (κ3) is 8.18. The number of anilines is 6. The van der Waals surface area contributed by atoms with E-state index in [2.05, 4.69) is 250 Å². The fourth-order valence-electron chi connectivity index (χ4n) is 12.2. The molecular weight excluding hydrogens is 987 g/mol. The van der Waals surface area contributed by atoms with Gasteiger partial charge in [-0.2, -0.15) is 0 Å². The zero-order valence-corrected chi connectivity index (χ0v) is 43.9. The van der Waals surface area contributed by atoms with Crippen molar-refractivity contribution in [2.75, 3.05) is 9.80 Å². The molecule has 1 spiro atoms. The Kier molecular flexibility index (Phi) is 11.6. The summed E-state index contributed by atoms with van der Waals surface area (Å²) < 4.78 is 0. The minimum absolute atomic E-state index is 0.591. The summed E-state index contributed by atoms with van der Waals surface area (Å²) in [6.45, 7) is 0. The molecule has 3 aromatic heterocycles. The van der Waals surface area contributed by atoms with Crippen molar-refractivity contribution in [2.24, 2.45) is 0 Å². The Hall–Kier alpha value is -10.9. The van der Waals surface area contributed by atoms with Crippen LogP contribution >= 0.6 is 0 Å². The quantitative estimate of drug-likeness (QED) is 0.135. The van der Waals surface area contributed by atoms with Crippen molar-refractivity contribution in [1.29, 1.82) is 0 Å². The molecule has 10 aromatic carbocycles. The van der Waals surface area contributed by atoms with Crippen LogP contribution in [0.1, 0.15) is 22.3 Å². The van der Waals surface area contributed by atoms with Gasteiger partial charge in [0.2, 0.25) is 0 Å². The topological polar surface area (TPSA) is 70.9 Å². The van der Waals surface area contributed by atoms with Gasteiger partial charge in [-0.15, -0.1) is 0 Å². The average molecular weight is 1040 g/mol. The Bertz CT molecular complexity index is 4250. The third-order valence-corrected chi connectivity index (χ3v) is 15.9. The number of benzene rings is 10. The Morgan fingerprint density at radius 2 is 0.741 bits per heavy atom. The summed E-state index contributed by atoms with van der Waals surface area (Å²) in [5.74, 6) is 1.81. The molecule has 13 aromatic rings. The van der Waals surface area contributed by atoms with Gasteiger partial charge in [0.15, 0.2) is 17.5 Å². The van der Waals surface area contributed by atoms with Crippen molar-refractivity contribution in [3.63, 3.8) is 0 Å². The Morgan fingerprint density at radius 3 is 1.33 bits per heavy atom. The first-order valence-corrected chi connectivity index (χ1v) is 27.3. The fourth-order valence-corrected chi connectivity index (χ4v) is 12.2. The van der Waals surface area contributed by atoms with Crippen LogP contribution in [0.15, 0.2) is 298 Å². The van der Waals surface area contributed by atoms with E-state index in [1.54, 1.807) is 0 Å². The van der Waals surface area contributed by atoms with E-state index in [4.69, 9.17) is 15.0 Å². The van der Waals surface area contributed by atoms with Gasteiger partial charge in [-0.1, -0.05) is 182 Å². The second-order valence-electron chi connectivity index (χ2n) is 20.5. The number of aromatic nitrogens is 5. The second-order valence-corrected chi connectivity index (χ2v) is 20.5. The molecule has 0 saturated heterocycles. The van der Waals surface area contributed by atoms with Crippen molar-refractivity contribution in [2.45, 2.75) is 5.41 Å². The lowest BCUT2D eigenvalue weighted by Crippen LogP contribution is -2.36. The minimum Gasteiger partial charge on any atom is -0.310 e. The molecule has 7 nitrogen and oxygen atoms in total. The van der Waals surface area contributed by atoms with Gasteiger partial charge < -0.3 is 9.80 Å². The summed E-state index contributed by atoms with van der Waals surface area (Å²) in [6, 6.07) is 97.8. The Morgan fingerprint density at radius 1 is 0.284 bits per heavy atom. The molecule has 7 heteroatoms. The van der Waals surface area contributed by atoms with Gasteiger partial charge in [0.1, 0.15) is 0 Å². The molecule has 4 heterocycles. The van der Waals surface area contributed by atoms with E-state index in [9.17, 15) is 0 Å². The van der Waals surface area contributed by atoms with E-state index in [-0.39, 0.29) is 0 Å². The van der Waals surface area contributed by atoms with Crippen LogP contribution in [-0.4, -0.2) is 24.9 Å². The normalized spacial score (nSPS) is 12.5. The monoisotopic (exact) mass is 1040 g/mol. The molecule has 0 amide bonds. The van der Waals surface area contributed by atoms with Gasteiger partial charge in [-0.25, -0.2) is 15.0 Å². The van der Waals surface area contributed by atoms with Crippen LogP contribution in [0.25, 0.3) is 78.7 Å². The fraction of sp³-hybridized carbons (Fsp3) is 0.0135. The van der Waals surface area contributed by atoms with Crippen molar-refractivity contribution < 1.29 is 0 Å². The summed E-state index contributed by atoms with van der Waals surface area (Å²) >= 11 is 0. The molecule has 0 atom stereocenters. The highest BCUT2D eigenvalue weighted by Gasteiger charge is 2.52. The first kappa shape index (κ1) is 47.3. The summed E-state index contributed by atoms with van der Waals surface area (Å²) in [5, 5.41) is 0. The molecule has 2 aliphatic rings. The van der Waals surface area contributed by atoms with E-state index in [1.165, 1.54) is 22.3 Å². The highest BCUT2D eigenvalue weighted by Crippen LogP contribution is 2.64. The minimum atomic E-state index is -0.823. The lowest BCUT2D eigenvalue weighted by Gasteiger charge is -2.45. The van der Waals surface area contributed by atoms with Crippen molar-refractivity contribution in [3.8, 4) is 78.7 Å². The van der Waals surface area contributed by atoms with Crippen LogP contribution in [0.5, 0.6) is 0 Å². The van der Waals surface area contributed by atoms with Gasteiger partial charge in [0.25, 0.3) is 0 Å². The maximum absolute atomic E-state index is 5.32. The third-order valence-electron chi connectivity index (χ3n) is 15.9. The Labute approximate surface area is 470 Å². The standard InChI is InChI=1S/C74H49N7/c1-4-16-50(17-5-1)56-22-14-24-61(46-56)81-69-39-33-57(73-78-71(54-18-6-2-7-19-54)77-72(79-73)55-20-8-3-9-21-55)47-67(69)74(65-27-12-10-25-63(65)64-26-11-13-28-66(64)74)68-48-62(38-40-70(68)81)80(59-34-29-51(30-35-59)53-41-44-75-45-42-53)60-36-31-52(32-37-60)58-23-15-43-76-49-58/h1-49H. The highest BCUT2D eigenvalue weighted by atomic mass is 15.2. The molecule has 81 heavy (non-hydrogen) atoms. The number of fused-ring (bicyclic) bond motifs is 9. The number of pyridine rings is 2. The van der Waals surface area contributed by atoms with Crippen LogP contribution < -0.4 is 9.80 Å². The average Bonchev–Trinajstić information content (AvgIpc) is 3.05. The van der Waals surface area contributed by atoms with E-state index in [0.29, 0.717) is 17.5 Å². The maximum Gasteiger partial charge on any atom is 0.164 e. The lowest BCUT2D eigenvalue weighted by atomic mass is 9.64. The molecule has 0 radical (unpaired) electrons. The highest BCUT2D eigenvalue weighted by molar-refractivity contribution is 5.98. The molecule has 1 aliphatic heterocycles. The van der Waals surface area contributed by atoms with Gasteiger partial charge in [0.05, 0.1) is 16.8 Å². The summed E-state index contributed by atoms with van der Waals surface area (Å²) in [5.41, 5.74) is 21.9. The van der Waals surface area contributed by atoms with Gasteiger partial charge in [0, 0.05) is 64.2 Å². The largest absolute Gasteiger partial charge is 0.310 e. The SMILES string of the molecule is c1ccc(-c2cccc(N3c4ccc(-c5nc(-c6ccccc6)nc(-c6ccccc6)n5)cc4C4(c5ccccc5-c5ccccc54)c4cc(N(c5ccc(-c6ccncc6)cc5)c5ccc(-c6cccnc6)cc5)ccc43)c2)cc1. The molecule has 0 N–H and O–H groups in total. The van der Waals surface area contributed by atoms with Gasteiger partial charge in [-0.05, 0) is 158 Å². The van der Waals surface area contributed by atoms with Crippen LogP contribution in [0.4, 0.5) is 34.1 Å². The van der Waals surface area contributed by atoms with Crippen LogP contribution in [0.3, 0.4) is 0 Å². The molecule has 380 valence electrons. The summed E-state index contributed by atoms with van der Waals surface area (Å²) in [4.78, 5) is 29.4. The predicted octanol–water partition coefficient (Wildman–Crippen LogP) is 18.3. The second kappa shape index (κ2) is 19.8. The molecule has 1 aliphatic carbocycles.